The van der Waals surface area contributed by atoms with Crippen molar-refractivity contribution in [3.63, 3.8) is 0 Å². The average Bonchev–Trinajstić information content (AvgIpc) is 2.19. The highest BCUT2D eigenvalue weighted by Gasteiger charge is 1.97. The third-order valence-electron chi connectivity index (χ3n) is 1.79. The van der Waals surface area contributed by atoms with Crippen molar-refractivity contribution in [2.75, 3.05) is 25.1 Å². The zero-order chi connectivity index (χ0) is 10.4. The molecule has 2 nitrogen and oxygen atoms in total. The van der Waals surface area contributed by atoms with E-state index in [4.69, 9.17) is 5.11 Å². The molecule has 1 rings (SSSR count). The molecule has 14 heavy (non-hydrogen) atoms. The number of aliphatic hydroxyl groups excluding tert-OH is 1. The van der Waals surface area contributed by atoms with E-state index in [2.05, 4.69) is 27.8 Å². The minimum absolute atomic E-state index is 0.0752. The Morgan fingerprint density at radius 1 is 1.29 bits per heavy atom. The van der Waals surface area contributed by atoms with Crippen LogP contribution in [0.3, 0.4) is 0 Å². The van der Waals surface area contributed by atoms with Crippen LogP contribution in [0.1, 0.15) is 0 Å². The molecule has 1 aromatic rings. The molecule has 0 saturated heterocycles. The molecule has 1 N–H and O–H groups in total. The van der Waals surface area contributed by atoms with Gasteiger partial charge in [0.1, 0.15) is 6.61 Å². The summed E-state index contributed by atoms with van der Waals surface area (Å²) in [4.78, 5) is 2.02. The molecule has 0 spiro atoms. The van der Waals surface area contributed by atoms with Gasteiger partial charge in [-0.15, -0.1) is 0 Å². The van der Waals surface area contributed by atoms with Gasteiger partial charge in [-0.3, -0.25) is 0 Å². The molecule has 74 valence electrons. The summed E-state index contributed by atoms with van der Waals surface area (Å²) in [5.41, 5.74) is 1.11. The van der Waals surface area contributed by atoms with Crippen LogP contribution in [0.25, 0.3) is 0 Å². The van der Waals surface area contributed by atoms with Crippen molar-refractivity contribution in [2.24, 2.45) is 0 Å². The summed E-state index contributed by atoms with van der Waals surface area (Å²) in [6.45, 7) is 0.552. The van der Waals surface area contributed by atoms with E-state index in [9.17, 15) is 0 Å². The van der Waals surface area contributed by atoms with Crippen LogP contribution < -0.4 is 4.90 Å². The Hall–Kier alpha value is -0.980. The highest BCUT2D eigenvalue weighted by Crippen LogP contribution is 2.16. The van der Waals surface area contributed by atoms with Gasteiger partial charge >= 0.3 is 0 Å². The second kappa shape index (κ2) is 5.69. The van der Waals surface area contributed by atoms with Gasteiger partial charge in [-0.2, -0.15) is 0 Å². The quantitative estimate of drug-likeness (QED) is 0.814. The van der Waals surface area contributed by atoms with Gasteiger partial charge in [-0.1, -0.05) is 27.8 Å². The first kappa shape index (κ1) is 11.1. The molecule has 0 heterocycles. The lowest BCUT2D eigenvalue weighted by Crippen LogP contribution is -2.16. The fraction of sp³-hybridized carbons (Fsp3) is 0.273. The molecule has 0 atom stereocenters. The Kier molecular flexibility index (Phi) is 4.51. The molecule has 3 heteroatoms. The smallest absolute Gasteiger partial charge is 0.104 e. The molecule has 0 radical (unpaired) electrons. The Morgan fingerprint density at radius 2 is 1.93 bits per heavy atom. The maximum Gasteiger partial charge on any atom is 0.104 e. The van der Waals surface area contributed by atoms with Crippen LogP contribution in [0.15, 0.2) is 28.7 Å². The van der Waals surface area contributed by atoms with Crippen LogP contribution in [0.4, 0.5) is 5.69 Å². The molecule has 0 saturated carbocycles. The molecular weight excluding hydrogens is 242 g/mol. The standard InChI is InChI=1S/C11H12BrNO/c1-13(8-2-3-9-14)11-6-4-10(12)5-7-11/h4-7,14H,8-9H2,1H3. The molecular formula is C11H12BrNO. The third kappa shape index (κ3) is 3.41. The fourth-order valence-electron chi connectivity index (χ4n) is 1.02. The highest BCUT2D eigenvalue weighted by molar-refractivity contribution is 9.10. The van der Waals surface area contributed by atoms with E-state index in [-0.39, 0.29) is 6.61 Å². The predicted octanol–water partition coefficient (Wildman–Crippen LogP) is 1.88. The molecule has 0 unspecified atom stereocenters. The molecule has 0 amide bonds. The number of benzene rings is 1. The van der Waals surface area contributed by atoms with Crippen LogP contribution in [-0.4, -0.2) is 25.3 Å². The Bertz CT molecular complexity index is 337. The fourth-order valence-corrected chi connectivity index (χ4v) is 1.28. The number of rotatable bonds is 2. The predicted molar refractivity (Wildman–Crippen MR) is 62.3 cm³/mol. The van der Waals surface area contributed by atoms with Crippen LogP contribution in [0.5, 0.6) is 0 Å². The topological polar surface area (TPSA) is 23.5 Å². The Balaban J connectivity index is 2.60. The normalized spacial score (nSPS) is 9.07. The zero-order valence-electron chi connectivity index (χ0n) is 8.00. The van der Waals surface area contributed by atoms with Crippen LogP contribution in [-0.2, 0) is 0 Å². The largest absolute Gasteiger partial charge is 0.384 e. The number of halogens is 1. The van der Waals surface area contributed by atoms with E-state index >= 15 is 0 Å². The van der Waals surface area contributed by atoms with E-state index in [1.807, 2.05) is 36.2 Å². The number of hydrogen-bond acceptors (Lipinski definition) is 2. The summed E-state index contributed by atoms with van der Waals surface area (Å²) in [5, 5.41) is 8.49. The summed E-state index contributed by atoms with van der Waals surface area (Å²) in [7, 11) is 1.97. The Labute approximate surface area is 92.7 Å². The van der Waals surface area contributed by atoms with Crippen molar-refractivity contribution in [3.05, 3.63) is 28.7 Å². The summed E-state index contributed by atoms with van der Waals surface area (Å²) in [5.74, 6) is 5.48. The van der Waals surface area contributed by atoms with Crippen molar-refractivity contribution in [2.45, 2.75) is 0 Å². The van der Waals surface area contributed by atoms with E-state index in [1.54, 1.807) is 0 Å². The van der Waals surface area contributed by atoms with Gasteiger partial charge in [0.15, 0.2) is 0 Å². The summed E-state index contributed by atoms with van der Waals surface area (Å²) in [6.07, 6.45) is 0. The second-order valence-electron chi connectivity index (χ2n) is 2.84. The van der Waals surface area contributed by atoms with Gasteiger partial charge in [-0.05, 0) is 24.3 Å². The number of anilines is 1. The van der Waals surface area contributed by atoms with Gasteiger partial charge in [0, 0.05) is 17.2 Å². The van der Waals surface area contributed by atoms with E-state index in [1.165, 1.54) is 0 Å². The van der Waals surface area contributed by atoms with E-state index in [0.29, 0.717) is 6.54 Å². The highest BCUT2D eigenvalue weighted by atomic mass is 79.9. The van der Waals surface area contributed by atoms with E-state index < -0.39 is 0 Å². The van der Waals surface area contributed by atoms with Crippen LogP contribution in [0, 0.1) is 11.8 Å². The number of aliphatic hydroxyl groups is 1. The first-order chi connectivity index (χ1) is 6.74. The summed E-state index contributed by atoms with van der Waals surface area (Å²) in [6, 6.07) is 8.02. The second-order valence-corrected chi connectivity index (χ2v) is 3.76. The van der Waals surface area contributed by atoms with Gasteiger partial charge in [0.25, 0.3) is 0 Å². The molecule has 0 aliphatic carbocycles. The van der Waals surface area contributed by atoms with Gasteiger partial charge in [-0.25, -0.2) is 0 Å². The van der Waals surface area contributed by atoms with Crippen molar-refractivity contribution in [1.29, 1.82) is 0 Å². The number of nitrogens with zero attached hydrogens (tertiary/aromatic N) is 1. The lowest BCUT2D eigenvalue weighted by Gasteiger charge is -2.15. The third-order valence-corrected chi connectivity index (χ3v) is 2.32. The first-order valence-electron chi connectivity index (χ1n) is 4.27. The van der Waals surface area contributed by atoms with Crippen molar-refractivity contribution >= 4 is 21.6 Å². The molecule has 0 aliphatic heterocycles. The zero-order valence-corrected chi connectivity index (χ0v) is 9.58. The minimum atomic E-state index is -0.0752. The summed E-state index contributed by atoms with van der Waals surface area (Å²) < 4.78 is 1.07. The SMILES string of the molecule is CN(CC#CCO)c1ccc(Br)cc1. The monoisotopic (exact) mass is 253 g/mol. The lowest BCUT2D eigenvalue weighted by molar-refractivity contribution is 0.350. The maximum atomic E-state index is 8.49. The Morgan fingerprint density at radius 3 is 2.50 bits per heavy atom. The minimum Gasteiger partial charge on any atom is -0.384 e. The van der Waals surface area contributed by atoms with Crippen LogP contribution in [0.2, 0.25) is 0 Å². The van der Waals surface area contributed by atoms with Gasteiger partial charge in [0.05, 0.1) is 6.54 Å². The lowest BCUT2D eigenvalue weighted by atomic mass is 10.3. The number of hydrogen-bond donors (Lipinski definition) is 1. The molecule has 0 aliphatic rings. The van der Waals surface area contributed by atoms with Crippen LogP contribution >= 0.6 is 15.9 Å². The maximum absolute atomic E-state index is 8.49. The summed E-state index contributed by atoms with van der Waals surface area (Å²) >= 11 is 3.38. The first-order valence-corrected chi connectivity index (χ1v) is 5.06. The van der Waals surface area contributed by atoms with Crippen molar-refractivity contribution < 1.29 is 5.11 Å². The van der Waals surface area contributed by atoms with Gasteiger partial charge in [0.2, 0.25) is 0 Å². The van der Waals surface area contributed by atoms with Crippen molar-refractivity contribution in [1.82, 2.24) is 0 Å². The molecule has 0 bridgehead atoms. The van der Waals surface area contributed by atoms with E-state index in [0.717, 1.165) is 10.2 Å². The molecule has 0 aromatic heterocycles. The molecule has 1 aromatic carbocycles. The average molecular weight is 254 g/mol. The van der Waals surface area contributed by atoms with Crippen molar-refractivity contribution in [3.8, 4) is 11.8 Å². The van der Waals surface area contributed by atoms with Gasteiger partial charge < -0.3 is 10.0 Å². The molecule has 0 fully saturated rings.